The molecule has 19 heavy (non-hydrogen) atoms. The highest BCUT2D eigenvalue weighted by Crippen LogP contribution is 2.28. The van der Waals surface area contributed by atoms with Crippen molar-refractivity contribution in [2.75, 3.05) is 31.6 Å². The van der Waals surface area contributed by atoms with E-state index in [-0.39, 0.29) is 6.61 Å². The summed E-state index contributed by atoms with van der Waals surface area (Å²) in [6, 6.07) is 7.48. The fourth-order valence-electron chi connectivity index (χ4n) is 2.79. The first kappa shape index (κ1) is 14.8. The summed E-state index contributed by atoms with van der Waals surface area (Å²) in [5.41, 5.74) is 2.53. The molecule has 2 rings (SSSR count). The number of aliphatic hydroxyl groups excluding tert-OH is 1. The van der Waals surface area contributed by atoms with Gasteiger partial charge in [0.15, 0.2) is 0 Å². The van der Waals surface area contributed by atoms with Crippen molar-refractivity contribution in [1.82, 2.24) is 4.90 Å². The first-order valence-corrected chi connectivity index (χ1v) is 7.66. The van der Waals surface area contributed by atoms with Gasteiger partial charge >= 0.3 is 0 Å². The monoisotopic (exact) mass is 326 g/mol. The van der Waals surface area contributed by atoms with Crippen LogP contribution >= 0.6 is 15.9 Å². The molecule has 1 aliphatic rings. The second kappa shape index (κ2) is 6.25. The Labute approximate surface area is 124 Å². The van der Waals surface area contributed by atoms with Crippen LogP contribution in [0.3, 0.4) is 0 Å². The summed E-state index contributed by atoms with van der Waals surface area (Å²) in [6.45, 7) is 6.65. The predicted octanol–water partition coefficient (Wildman–Crippen LogP) is 2.65. The van der Waals surface area contributed by atoms with Crippen molar-refractivity contribution in [3.63, 3.8) is 0 Å². The van der Waals surface area contributed by atoms with Crippen molar-refractivity contribution in [3.8, 4) is 0 Å². The largest absolute Gasteiger partial charge is 0.396 e. The van der Waals surface area contributed by atoms with Crippen LogP contribution in [0.1, 0.15) is 18.9 Å². The van der Waals surface area contributed by atoms with Crippen LogP contribution in [0, 0.1) is 6.92 Å². The highest BCUT2D eigenvalue weighted by Gasteiger charge is 2.29. The Morgan fingerprint density at radius 1 is 1.37 bits per heavy atom. The van der Waals surface area contributed by atoms with Gasteiger partial charge in [0.25, 0.3) is 0 Å². The highest BCUT2D eigenvalue weighted by molar-refractivity contribution is 9.10. The molecule has 2 atom stereocenters. The molecular weight excluding hydrogens is 304 g/mol. The second-order valence-corrected chi connectivity index (χ2v) is 6.39. The molecule has 1 heterocycles. The molecule has 0 aromatic heterocycles. The molecule has 2 unspecified atom stereocenters. The van der Waals surface area contributed by atoms with Crippen molar-refractivity contribution >= 4 is 21.6 Å². The van der Waals surface area contributed by atoms with Crippen LogP contribution in [0.4, 0.5) is 5.69 Å². The summed E-state index contributed by atoms with van der Waals surface area (Å²) in [6.07, 6.45) is 0.840. The predicted molar refractivity (Wildman–Crippen MR) is 83.8 cm³/mol. The van der Waals surface area contributed by atoms with Crippen LogP contribution in [-0.2, 0) is 0 Å². The van der Waals surface area contributed by atoms with E-state index in [9.17, 15) is 5.11 Å². The summed E-state index contributed by atoms with van der Waals surface area (Å²) in [5, 5.41) is 9.19. The SMILES string of the molecule is Cc1ccc(N2CC(CCO)N(C)CC2C)cc1Br. The van der Waals surface area contributed by atoms with Crippen LogP contribution in [-0.4, -0.2) is 48.8 Å². The lowest BCUT2D eigenvalue weighted by Gasteiger charge is -2.45. The topological polar surface area (TPSA) is 26.7 Å². The Morgan fingerprint density at radius 2 is 2.11 bits per heavy atom. The Hall–Kier alpha value is -0.580. The van der Waals surface area contributed by atoms with Gasteiger partial charge in [-0.25, -0.2) is 0 Å². The maximum absolute atomic E-state index is 9.19. The Morgan fingerprint density at radius 3 is 2.74 bits per heavy atom. The molecule has 0 aliphatic carbocycles. The zero-order valence-corrected chi connectivity index (χ0v) is 13.5. The summed E-state index contributed by atoms with van der Waals surface area (Å²) in [5.74, 6) is 0. The van der Waals surface area contributed by atoms with Gasteiger partial charge in [0.1, 0.15) is 0 Å². The van der Waals surface area contributed by atoms with Gasteiger partial charge in [-0.3, -0.25) is 4.90 Å². The van der Waals surface area contributed by atoms with E-state index in [1.165, 1.54) is 11.3 Å². The number of nitrogens with zero attached hydrogens (tertiary/aromatic N) is 2. The Bertz CT molecular complexity index is 438. The van der Waals surface area contributed by atoms with Crippen molar-refractivity contribution < 1.29 is 5.11 Å². The number of piperazine rings is 1. The number of likely N-dealkylation sites (N-methyl/N-ethyl adjacent to an activating group) is 1. The minimum absolute atomic E-state index is 0.259. The molecule has 106 valence electrons. The quantitative estimate of drug-likeness (QED) is 0.925. The van der Waals surface area contributed by atoms with E-state index in [0.29, 0.717) is 12.1 Å². The maximum Gasteiger partial charge on any atom is 0.0446 e. The zero-order valence-electron chi connectivity index (χ0n) is 11.9. The van der Waals surface area contributed by atoms with Gasteiger partial charge in [0.05, 0.1) is 0 Å². The van der Waals surface area contributed by atoms with E-state index in [0.717, 1.165) is 24.0 Å². The fourth-order valence-corrected chi connectivity index (χ4v) is 3.16. The van der Waals surface area contributed by atoms with Gasteiger partial charge in [0.2, 0.25) is 0 Å². The van der Waals surface area contributed by atoms with Crippen molar-refractivity contribution in [2.24, 2.45) is 0 Å². The molecular formula is C15H23BrN2O. The van der Waals surface area contributed by atoms with Crippen molar-refractivity contribution in [1.29, 1.82) is 0 Å². The van der Waals surface area contributed by atoms with E-state index in [1.807, 2.05) is 0 Å². The number of rotatable bonds is 3. The first-order valence-electron chi connectivity index (χ1n) is 6.87. The van der Waals surface area contributed by atoms with Crippen LogP contribution in [0.25, 0.3) is 0 Å². The molecule has 0 spiro atoms. The van der Waals surface area contributed by atoms with Gasteiger partial charge in [-0.05, 0) is 45.0 Å². The van der Waals surface area contributed by atoms with Gasteiger partial charge in [-0.15, -0.1) is 0 Å². The number of benzene rings is 1. The van der Waals surface area contributed by atoms with Gasteiger partial charge in [-0.1, -0.05) is 22.0 Å². The molecule has 0 radical (unpaired) electrons. The second-order valence-electron chi connectivity index (χ2n) is 5.54. The van der Waals surface area contributed by atoms with Gasteiger partial charge in [-0.2, -0.15) is 0 Å². The molecule has 1 fully saturated rings. The number of aliphatic hydroxyl groups is 1. The molecule has 1 saturated heterocycles. The first-order chi connectivity index (χ1) is 9.02. The maximum atomic E-state index is 9.19. The molecule has 1 N–H and O–H groups in total. The van der Waals surface area contributed by atoms with E-state index in [4.69, 9.17) is 0 Å². The summed E-state index contributed by atoms with van der Waals surface area (Å²) in [4.78, 5) is 4.81. The van der Waals surface area contributed by atoms with E-state index in [1.54, 1.807) is 0 Å². The number of anilines is 1. The highest BCUT2D eigenvalue weighted by atomic mass is 79.9. The number of aryl methyl sites for hydroxylation is 1. The minimum atomic E-state index is 0.259. The Balaban J connectivity index is 2.19. The fraction of sp³-hybridized carbons (Fsp3) is 0.600. The molecule has 0 saturated carbocycles. The number of hydrogen-bond donors (Lipinski definition) is 1. The van der Waals surface area contributed by atoms with Crippen LogP contribution in [0.15, 0.2) is 22.7 Å². The van der Waals surface area contributed by atoms with E-state index < -0.39 is 0 Å². The molecule has 0 bridgehead atoms. The number of halogens is 1. The molecule has 1 aliphatic heterocycles. The standard InChI is InChI=1S/C15H23BrN2O/c1-11-4-5-13(8-15(11)16)18-10-14(6-7-19)17(3)9-12(18)2/h4-5,8,12,14,19H,6-7,9-10H2,1-3H3. The molecule has 4 heteroatoms. The van der Waals surface area contributed by atoms with Gasteiger partial charge in [0, 0.05) is 41.9 Å². The third-order valence-corrected chi connectivity index (χ3v) is 4.92. The summed E-state index contributed by atoms with van der Waals surface area (Å²) in [7, 11) is 2.15. The smallest absolute Gasteiger partial charge is 0.0446 e. The lowest BCUT2D eigenvalue weighted by atomic mass is 10.0. The molecule has 0 amide bonds. The molecule has 1 aromatic carbocycles. The van der Waals surface area contributed by atoms with Crippen molar-refractivity contribution in [2.45, 2.75) is 32.4 Å². The lowest BCUT2D eigenvalue weighted by Crippen LogP contribution is -2.56. The lowest BCUT2D eigenvalue weighted by molar-refractivity contribution is 0.154. The minimum Gasteiger partial charge on any atom is -0.396 e. The van der Waals surface area contributed by atoms with Crippen LogP contribution in [0.5, 0.6) is 0 Å². The van der Waals surface area contributed by atoms with Gasteiger partial charge < -0.3 is 10.0 Å². The average molecular weight is 327 g/mol. The zero-order chi connectivity index (χ0) is 14.0. The number of hydrogen-bond acceptors (Lipinski definition) is 3. The Kier molecular flexibility index (Phi) is 4.87. The van der Waals surface area contributed by atoms with E-state index >= 15 is 0 Å². The third-order valence-electron chi connectivity index (χ3n) is 4.06. The molecule has 3 nitrogen and oxygen atoms in total. The molecule has 1 aromatic rings. The summed E-state index contributed by atoms with van der Waals surface area (Å²) < 4.78 is 1.16. The average Bonchev–Trinajstić information content (AvgIpc) is 2.36. The normalized spacial score (nSPS) is 24.8. The third kappa shape index (κ3) is 3.30. The van der Waals surface area contributed by atoms with Crippen LogP contribution in [0.2, 0.25) is 0 Å². The van der Waals surface area contributed by atoms with Crippen molar-refractivity contribution in [3.05, 3.63) is 28.2 Å². The van der Waals surface area contributed by atoms with Crippen LogP contribution < -0.4 is 4.90 Å². The van der Waals surface area contributed by atoms with E-state index in [2.05, 4.69) is 64.8 Å². The summed E-state index contributed by atoms with van der Waals surface area (Å²) >= 11 is 3.61.